The van der Waals surface area contributed by atoms with E-state index < -0.39 is 6.29 Å². The fraction of sp³-hybridized carbons (Fsp3) is 0.714. The predicted octanol–water partition coefficient (Wildman–Crippen LogP) is 5.69. The van der Waals surface area contributed by atoms with Crippen LogP contribution in [-0.2, 0) is 12.2 Å². The van der Waals surface area contributed by atoms with E-state index in [1.54, 1.807) is 11.8 Å². The summed E-state index contributed by atoms with van der Waals surface area (Å²) >= 11 is 1.56. The Bertz CT molecular complexity index is 389. The van der Waals surface area contributed by atoms with Crippen molar-refractivity contribution in [3.05, 3.63) is 35.4 Å². The first-order chi connectivity index (χ1) is 11.7. The van der Waals surface area contributed by atoms with Crippen LogP contribution in [0.2, 0.25) is 0 Å². The van der Waals surface area contributed by atoms with Crippen LogP contribution in [0.25, 0.3) is 0 Å². The second-order valence-corrected chi connectivity index (χ2v) is 7.77. The van der Waals surface area contributed by atoms with Gasteiger partial charge in [0.15, 0.2) is 6.29 Å². The van der Waals surface area contributed by atoms with Gasteiger partial charge >= 0.3 is 0 Å². The van der Waals surface area contributed by atoms with E-state index in [0.29, 0.717) is 5.75 Å². The van der Waals surface area contributed by atoms with E-state index in [2.05, 4.69) is 31.2 Å². The number of aryl methyl sites for hydroxylation is 1. The molecule has 2 N–H and O–H groups in total. The lowest BCUT2D eigenvalue weighted by Crippen LogP contribution is -2.07. The van der Waals surface area contributed by atoms with E-state index in [4.69, 9.17) is 10.2 Å². The second-order valence-electron chi connectivity index (χ2n) is 6.74. The summed E-state index contributed by atoms with van der Waals surface area (Å²) in [6.07, 6.45) is 13.8. The van der Waals surface area contributed by atoms with Gasteiger partial charge in [0.25, 0.3) is 0 Å². The van der Waals surface area contributed by atoms with Gasteiger partial charge in [-0.2, -0.15) is 11.8 Å². The number of aliphatic hydroxyl groups excluding tert-OH is 1. The first kappa shape index (κ1) is 21.5. The van der Waals surface area contributed by atoms with Crippen molar-refractivity contribution in [2.45, 2.75) is 89.6 Å². The average molecular weight is 353 g/mol. The van der Waals surface area contributed by atoms with Crippen molar-refractivity contribution in [2.75, 3.05) is 5.75 Å². The van der Waals surface area contributed by atoms with E-state index in [1.807, 2.05) is 0 Å². The average Bonchev–Trinajstić information content (AvgIpc) is 2.57. The van der Waals surface area contributed by atoms with Gasteiger partial charge in [0.05, 0.1) is 0 Å². The molecule has 0 unspecified atom stereocenters. The molecule has 3 heteroatoms. The SMILES string of the molecule is CCCCCCCCCCCCc1ccc(CSCC(O)O)cc1. The molecule has 0 aliphatic heterocycles. The molecule has 0 radical (unpaired) electrons. The minimum Gasteiger partial charge on any atom is -0.367 e. The second kappa shape index (κ2) is 14.8. The number of thioether (sulfide) groups is 1. The van der Waals surface area contributed by atoms with E-state index in [1.165, 1.54) is 81.8 Å². The molecule has 0 spiro atoms. The number of hydrogen-bond donors (Lipinski definition) is 2. The molecule has 0 atom stereocenters. The maximum absolute atomic E-state index is 8.83. The molecule has 2 nitrogen and oxygen atoms in total. The highest BCUT2D eigenvalue weighted by Gasteiger charge is 2.00. The Morgan fingerprint density at radius 2 is 1.25 bits per heavy atom. The van der Waals surface area contributed by atoms with Crippen LogP contribution in [0.4, 0.5) is 0 Å². The summed E-state index contributed by atoms with van der Waals surface area (Å²) in [4.78, 5) is 0. The first-order valence-electron chi connectivity index (χ1n) is 9.74. The van der Waals surface area contributed by atoms with Gasteiger partial charge in [-0.25, -0.2) is 0 Å². The Kier molecular flexibility index (Phi) is 13.3. The highest BCUT2D eigenvalue weighted by Crippen LogP contribution is 2.16. The molecule has 1 aromatic carbocycles. The van der Waals surface area contributed by atoms with Gasteiger partial charge in [-0.15, -0.1) is 0 Å². The summed E-state index contributed by atoms with van der Waals surface area (Å²) < 4.78 is 0. The molecule has 0 aliphatic carbocycles. The van der Waals surface area contributed by atoms with Crippen molar-refractivity contribution in [1.29, 1.82) is 0 Å². The first-order valence-corrected chi connectivity index (χ1v) is 10.9. The summed E-state index contributed by atoms with van der Waals surface area (Å²) in [6, 6.07) is 8.78. The summed E-state index contributed by atoms with van der Waals surface area (Å²) in [5.74, 6) is 1.22. The molecule has 0 saturated heterocycles. The van der Waals surface area contributed by atoms with E-state index >= 15 is 0 Å². The largest absolute Gasteiger partial charge is 0.367 e. The highest BCUT2D eigenvalue weighted by atomic mass is 32.2. The lowest BCUT2D eigenvalue weighted by molar-refractivity contribution is -0.0186. The molecule has 0 fully saturated rings. The maximum atomic E-state index is 8.83. The maximum Gasteiger partial charge on any atom is 0.160 e. The zero-order chi connectivity index (χ0) is 17.5. The lowest BCUT2D eigenvalue weighted by atomic mass is 10.0. The topological polar surface area (TPSA) is 40.5 Å². The standard InChI is InChI=1S/C21H36O2S/c1-2-3-4-5-6-7-8-9-10-11-12-19-13-15-20(16-14-19)17-24-18-21(22)23/h13-16,21-23H,2-12,17-18H2,1H3. The third-order valence-electron chi connectivity index (χ3n) is 4.38. The molecule has 0 aliphatic rings. The van der Waals surface area contributed by atoms with E-state index in [0.717, 1.165) is 5.75 Å². The molecule has 24 heavy (non-hydrogen) atoms. The minimum atomic E-state index is -1.20. The van der Waals surface area contributed by atoms with Crippen LogP contribution in [0, 0.1) is 0 Å². The highest BCUT2D eigenvalue weighted by molar-refractivity contribution is 7.98. The molecule has 1 rings (SSSR count). The third kappa shape index (κ3) is 11.9. The van der Waals surface area contributed by atoms with Crippen LogP contribution in [0.3, 0.4) is 0 Å². The molecule has 0 saturated carbocycles. The molecule has 0 heterocycles. The Hall–Kier alpha value is -0.510. The number of aliphatic hydroxyl groups is 2. The molecule has 138 valence electrons. The smallest absolute Gasteiger partial charge is 0.160 e. The van der Waals surface area contributed by atoms with Crippen LogP contribution >= 0.6 is 11.8 Å². The van der Waals surface area contributed by atoms with E-state index in [-0.39, 0.29) is 0 Å². The summed E-state index contributed by atoms with van der Waals surface area (Å²) in [6.45, 7) is 2.27. The molecular weight excluding hydrogens is 316 g/mol. The van der Waals surface area contributed by atoms with Crippen molar-refractivity contribution < 1.29 is 10.2 Å². The minimum absolute atomic E-state index is 0.375. The third-order valence-corrected chi connectivity index (χ3v) is 5.45. The van der Waals surface area contributed by atoms with Crippen molar-refractivity contribution >= 4 is 11.8 Å². The summed E-state index contributed by atoms with van der Waals surface area (Å²) in [5, 5.41) is 17.7. The Morgan fingerprint density at radius 1 is 0.750 bits per heavy atom. The van der Waals surface area contributed by atoms with Gasteiger partial charge in [0.2, 0.25) is 0 Å². The fourth-order valence-corrected chi connectivity index (χ4v) is 3.66. The monoisotopic (exact) mass is 352 g/mol. The van der Waals surface area contributed by atoms with Crippen LogP contribution < -0.4 is 0 Å². The van der Waals surface area contributed by atoms with Crippen LogP contribution in [0.15, 0.2) is 24.3 Å². The Morgan fingerprint density at radius 3 is 1.79 bits per heavy atom. The number of unbranched alkanes of at least 4 members (excludes halogenated alkanes) is 9. The zero-order valence-corrected chi connectivity index (χ0v) is 16.2. The molecule has 0 aromatic heterocycles. The Balaban J connectivity index is 1.99. The van der Waals surface area contributed by atoms with Crippen LogP contribution in [0.1, 0.15) is 82.3 Å². The van der Waals surface area contributed by atoms with E-state index in [9.17, 15) is 0 Å². The van der Waals surface area contributed by atoms with Crippen molar-refractivity contribution in [1.82, 2.24) is 0 Å². The normalized spacial score (nSPS) is 11.3. The van der Waals surface area contributed by atoms with Gasteiger partial charge in [0.1, 0.15) is 0 Å². The number of rotatable bonds is 15. The Labute approximate surface area is 153 Å². The van der Waals surface area contributed by atoms with Gasteiger partial charge in [-0.1, -0.05) is 89.0 Å². The number of hydrogen-bond acceptors (Lipinski definition) is 3. The number of benzene rings is 1. The fourth-order valence-electron chi connectivity index (χ4n) is 2.90. The zero-order valence-electron chi connectivity index (χ0n) is 15.4. The van der Waals surface area contributed by atoms with Gasteiger partial charge in [-0.05, 0) is 24.0 Å². The molecular formula is C21H36O2S. The molecule has 0 amide bonds. The van der Waals surface area contributed by atoms with Crippen molar-refractivity contribution in [2.24, 2.45) is 0 Å². The van der Waals surface area contributed by atoms with Gasteiger partial charge in [0, 0.05) is 11.5 Å². The van der Waals surface area contributed by atoms with Crippen LogP contribution in [-0.4, -0.2) is 22.3 Å². The molecule has 1 aromatic rings. The lowest BCUT2D eigenvalue weighted by Gasteiger charge is -2.06. The quantitative estimate of drug-likeness (QED) is 0.314. The predicted molar refractivity (Wildman–Crippen MR) is 106 cm³/mol. The van der Waals surface area contributed by atoms with Crippen LogP contribution in [0.5, 0.6) is 0 Å². The van der Waals surface area contributed by atoms with Crippen molar-refractivity contribution in [3.63, 3.8) is 0 Å². The van der Waals surface area contributed by atoms with Gasteiger partial charge in [-0.3, -0.25) is 0 Å². The summed E-state index contributed by atoms with van der Waals surface area (Å²) in [7, 11) is 0. The molecule has 0 bridgehead atoms. The van der Waals surface area contributed by atoms with Gasteiger partial charge < -0.3 is 10.2 Å². The van der Waals surface area contributed by atoms with Crippen molar-refractivity contribution in [3.8, 4) is 0 Å². The summed E-state index contributed by atoms with van der Waals surface area (Å²) in [5.41, 5.74) is 2.68.